The number of hydrogen-bond acceptors (Lipinski definition) is 6. The van der Waals surface area contributed by atoms with E-state index in [1.165, 1.54) is 41.5 Å². The van der Waals surface area contributed by atoms with Crippen molar-refractivity contribution in [2.45, 2.75) is 13.3 Å². The van der Waals surface area contributed by atoms with Gasteiger partial charge in [-0.3, -0.25) is 0 Å². The van der Waals surface area contributed by atoms with Gasteiger partial charge in [-0.2, -0.15) is 0 Å². The van der Waals surface area contributed by atoms with Crippen molar-refractivity contribution in [3.8, 4) is 28.7 Å². The average Bonchev–Trinajstić information content (AvgIpc) is 3.31. The Bertz CT molecular complexity index is 1270. The third-order valence-corrected chi connectivity index (χ3v) is 4.51. The third-order valence-electron chi connectivity index (χ3n) is 4.51. The zero-order chi connectivity index (χ0) is 24.8. The lowest BCUT2D eigenvalue weighted by Crippen LogP contribution is -2.19. The van der Waals surface area contributed by atoms with Crippen molar-refractivity contribution in [2.75, 3.05) is 17.2 Å². The van der Waals surface area contributed by atoms with E-state index in [-0.39, 0.29) is 5.75 Å². The summed E-state index contributed by atoms with van der Waals surface area (Å²) >= 11 is 0. The number of nitrogens with one attached hydrogen (secondary N) is 2. The van der Waals surface area contributed by atoms with E-state index in [4.69, 9.17) is 4.74 Å². The molecule has 0 unspecified atom stereocenters. The van der Waals surface area contributed by atoms with Crippen LogP contribution in [-0.2, 0) is 0 Å². The van der Waals surface area contributed by atoms with Crippen molar-refractivity contribution in [3.63, 3.8) is 0 Å². The number of anilines is 2. The highest BCUT2D eigenvalue weighted by Crippen LogP contribution is 2.24. The first-order valence-corrected chi connectivity index (χ1v) is 10.3. The van der Waals surface area contributed by atoms with E-state index < -0.39 is 12.4 Å². The van der Waals surface area contributed by atoms with Gasteiger partial charge in [0.15, 0.2) is 5.82 Å². The Morgan fingerprint density at radius 2 is 1.63 bits per heavy atom. The number of aromatic nitrogens is 4. The second kappa shape index (κ2) is 10.1. The van der Waals surface area contributed by atoms with E-state index in [1.54, 1.807) is 36.4 Å². The Hall–Kier alpha value is -4.61. The Labute approximate surface area is 197 Å². The van der Waals surface area contributed by atoms with E-state index in [2.05, 4.69) is 30.4 Å². The number of benzene rings is 2. The molecule has 0 bridgehead atoms. The first-order valence-electron chi connectivity index (χ1n) is 10.3. The second-order valence-corrected chi connectivity index (χ2v) is 7.03. The molecule has 2 heterocycles. The second-order valence-electron chi connectivity index (χ2n) is 7.03. The molecule has 2 aromatic carbocycles. The first-order chi connectivity index (χ1) is 16.8. The first kappa shape index (κ1) is 23.5. The maximum atomic E-state index is 12.3. The highest BCUT2D eigenvalue weighted by Gasteiger charge is 2.31. The molecule has 12 heteroatoms. The zero-order valence-corrected chi connectivity index (χ0v) is 18.3. The SMILES string of the molecule is CCOc1ccc(NC(=O)Nc2ccc(-c3ncn(-c4ccc(OC(F)(F)F)cc4)n3)cc2)cn1. The van der Waals surface area contributed by atoms with Gasteiger partial charge in [-0.15, -0.1) is 18.3 Å². The molecule has 0 aliphatic rings. The molecule has 2 aromatic heterocycles. The minimum absolute atomic E-state index is 0.326. The van der Waals surface area contributed by atoms with Gasteiger partial charge in [-0.25, -0.2) is 19.4 Å². The van der Waals surface area contributed by atoms with Crippen molar-refractivity contribution in [1.82, 2.24) is 19.7 Å². The van der Waals surface area contributed by atoms with E-state index in [0.29, 0.717) is 40.9 Å². The van der Waals surface area contributed by atoms with Crippen molar-refractivity contribution in [3.05, 3.63) is 73.2 Å². The largest absolute Gasteiger partial charge is 0.573 e. The van der Waals surface area contributed by atoms with Gasteiger partial charge in [-0.05, 0) is 61.5 Å². The van der Waals surface area contributed by atoms with Crippen LogP contribution < -0.4 is 20.1 Å². The summed E-state index contributed by atoms with van der Waals surface area (Å²) in [6.45, 7) is 2.35. The van der Waals surface area contributed by atoms with Crippen LogP contribution in [0.5, 0.6) is 11.6 Å². The van der Waals surface area contributed by atoms with Crippen molar-refractivity contribution in [2.24, 2.45) is 0 Å². The summed E-state index contributed by atoms with van der Waals surface area (Å²) in [5, 5.41) is 9.74. The van der Waals surface area contributed by atoms with E-state index in [9.17, 15) is 18.0 Å². The number of halogens is 3. The van der Waals surface area contributed by atoms with Crippen LogP contribution in [0.15, 0.2) is 73.2 Å². The molecule has 2 N–H and O–H groups in total. The van der Waals surface area contributed by atoms with Crippen LogP contribution in [0.1, 0.15) is 6.92 Å². The zero-order valence-electron chi connectivity index (χ0n) is 18.3. The van der Waals surface area contributed by atoms with Crippen LogP contribution in [0.3, 0.4) is 0 Å². The molecule has 0 radical (unpaired) electrons. The summed E-state index contributed by atoms with van der Waals surface area (Å²) in [5.41, 5.74) is 2.25. The minimum atomic E-state index is -4.75. The predicted octanol–water partition coefficient (Wildman–Crippen LogP) is 5.27. The number of pyridine rings is 1. The fraction of sp³-hybridized carbons (Fsp3) is 0.130. The van der Waals surface area contributed by atoms with Crippen molar-refractivity contribution >= 4 is 17.4 Å². The van der Waals surface area contributed by atoms with Crippen LogP contribution in [0.2, 0.25) is 0 Å². The monoisotopic (exact) mass is 484 g/mol. The highest BCUT2D eigenvalue weighted by molar-refractivity contribution is 5.99. The average molecular weight is 484 g/mol. The maximum Gasteiger partial charge on any atom is 0.573 e. The summed E-state index contributed by atoms with van der Waals surface area (Å²) in [6, 6.07) is 15.0. The van der Waals surface area contributed by atoms with Crippen LogP contribution in [0.25, 0.3) is 17.1 Å². The molecule has 0 aliphatic carbocycles. The van der Waals surface area contributed by atoms with Gasteiger partial charge in [0, 0.05) is 17.3 Å². The van der Waals surface area contributed by atoms with Crippen LogP contribution in [-0.4, -0.2) is 38.7 Å². The highest BCUT2D eigenvalue weighted by atomic mass is 19.4. The molecule has 0 fully saturated rings. The molecule has 180 valence electrons. The van der Waals surface area contributed by atoms with Gasteiger partial charge >= 0.3 is 12.4 Å². The number of ether oxygens (including phenoxy) is 2. The van der Waals surface area contributed by atoms with Gasteiger partial charge in [0.05, 0.1) is 24.2 Å². The molecule has 2 amide bonds. The summed E-state index contributed by atoms with van der Waals surface area (Å²) in [5.74, 6) is 0.544. The fourth-order valence-corrected chi connectivity index (χ4v) is 3.00. The number of alkyl halides is 3. The lowest BCUT2D eigenvalue weighted by Gasteiger charge is -2.09. The van der Waals surface area contributed by atoms with Crippen LogP contribution >= 0.6 is 0 Å². The lowest BCUT2D eigenvalue weighted by molar-refractivity contribution is -0.274. The van der Waals surface area contributed by atoms with Crippen molar-refractivity contribution in [1.29, 1.82) is 0 Å². The molecule has 0 aliphatic heterocycles. The summed E-state index contributed by atoms with van der Waals surface area (Å²) in [4.78, 5) is 20.5. The number of hydrogen-bond donors (Lipinski definition) is 2. The number of nitrogens with zero attached hydrogens (tertiary/aromatic N) is 4. The van der Waals surface area contributed by atoms with Crippen LogP contribution in [0, 0.1) is 0 Å². The van der Waals surface area contributed by atoms with Crippen LogP contribution in [0.4, 0.5) is 29.3 Å². The topological polar surface area (TPSA) is 103 Å². The molecule has 9 nitrogen and oxygen atoms in total. The smallest absolute Gasteiger partial charge is 0.478 e. The van der Waals surface area contributed by atoms with E-state index in [1.807, 2.05) is 6.92 Å². The Morgan fingerprint density at radius 1 is 0.943 bits per heavy atom. The number of carbonyl (C=O) groups excluding carboxylic acids is 1. The van der Waals surface area contributed by atoms with Gasteiger partial charge in [0.25, 0.3) is 0 Å². The number of rotatable bonds is 7. The molecule has 0 spiro atoms. The molecule has 0 saturated carbocycles. The van der Waals surface area contributed by atoms with Gasteiger partial charge in [0.1, 0.15) is 12.1 Å². The van der Waals surface area contributed by atoms with Gasteiger partial charge in [0.2, 0.25) is 5.88 Å². The standard InChI is InChI=1S/C23H19F3N6O3/c1-2-34-20-12-7-17(13-27-20)30-22(33)29-16-5-3-15(4-6-16)21-28-14-32(31-21)18-8-10-19(11-9-18)35-23(24,25)26/h3-14H,2H2,1H3,(H2,29,30,33). The van der Waals surface area contributed by atoms with Crippen molar-refractivity contribution < 1.29 is 27.4 Å². The molecule has 35 heavy (non-hydrogen) atoms. The van der Waals surface area contributed by atoms with Gasteiger partial charge in [-0.1, -0.05) is 0 Å². The Balaban J connectivity index is 1.36. The predicted molar refractivity (Wildman–Crippen MR) is 122 cm³/mol. The lowest BCUT2D eigenvalue weighted by atomic mass is 10.2. The Kier molecular flexibility index (Phi) is 6.81. The molecule has 4 aromatic rings. The molecule has 0 atom stereocenters. The van der Waals surface area contributed by atoms with E-state index in [0.717, 1.165) is 0 Å². The van der Waals surface area contributed by atoms with E-state index >= 15 is 0 Å². The maximum absolute atomic E-state index is 12.3. The third kappa shape index (κ3) is 6.47. The number of carbonyl (C=O) groups is 1. The summed E-state index contributed by atoms with van der Waals surface area (Å²) in [7, 11) is 0. The summed E-state index contributed by atoms with van der Waals surface area (Å²) < 4.78 is 47.5. The molecular weight excluding hydrogens is 465 g/mol. The Morgan fingerprint density at radius 3 is 2.26 bits per heavy atom. The number of amides is 2. The summed E-state index contributed by atoms with van der Waals surface area (Å²) in [6.07, 6.45) is -1.82. The molecule has 0 saturated heterocycles. The minimum Gasteiger partial charge on any atom is -0.478 e. The van der Waals surface area contributed by atoms with Gasteiger partial charge < -0.3 is 20.1 Å². The fourth-order valence-electron chi connectivity index (χ4n) is 3.00. The number of urea groups is 1. The normalized spacial score (nSPS) is 11.1. The molecular formula is C23H19F3N6O3. The quantitative estimate of drug-likeness (QED) is 0.370. The molecule has 4 rings (SSSR count).